The molecule has 0 aliphatic carbocycles. The van der Waals surface area contributed by atoms with Gasteiger partial charge >= 0.3 is 0 Å². The molecule has 0 fully saturated rings. The molecule has 0 spiro atoms. The second kappa shape index (κ2) is 6.71. The van der Waals surface area contributed by atoms with Crippen LogP contribution in [-0.4, -0.2) is 27.6 Å². The maximum absolute atomic E-state index is 11.9. The number of fused-ring (bicyclic) bond motifs is 7. The third-order valence-electron chi connectivity index (χ3n) is 5.50. The van der Waals surface area contributed by atoms with E-state index < -0.39 is 0 Å². The number of aromatic hydroxyl groups is 1. The molecular weight excluding hydrogens is 388 g/mol. The number of ether oxygens (including phenoxy) is 1. The quantitative estimate of drug-likeness (QED) is 0.406. The molecule has 5 nitrogen and oxygen atoms in total. The molecule has 6 heteroatoms. The monoisotopic (exact) mass is 406 g/mol. The van der Waals surface area contributed by atoms with Crippen molar-refractivity contribution < 1.29 is 9.84 Å². The molecule has 2 heterocycles. The van der Waals surface area contributed by atoms with Gasteiger partial charge in [0.05, 0.1) is 23.7 Å². The van der Waals surface area contributed by atoms with E-state index in [1.54, 1.807) is 25.3 Å². The number of methoxy groups -OCH3 is 1. The number of aromatic amines is 1. The van der Waals surface area contributed by atoms with Crippen LogP contribution in [0.2, 0.25) is 0 Å². The summed E-state index contributed by atoms with van der Waals surface area (Å²) in [5.74, 6) is 1.08. The van der Waals surface area contributed by atoms with Gasteiger partial charge in [0.2, 0.25) is 0 Å². The summed E-state index contributed by atoms with van der Waals surface area (Å²) in [6.07, 6.45) is 2.70. The lowest BCUT2D eigenvalue weighted by Gasteiger charge is -2.11. The third-order valence-corrected chi connectivity index (χ3v) is 5.77. The lowest BCUT2D eigenvalue weighted by Crippen LogP contribution is -2.01. The molecule has 0 unspecified atom stereocenters. The Morgan fingerprint density at radius 1 is 1.03 bits per heavy atom. The zero-order valence-electron chi connectivity index (χ0n) is 15.8. The van der Waals surface area contributed by atoms with Crippen molar-refractivity contribution in [1.29, 1.82) is 0 Å². The largest absolute Gasteiger partial charge is 0.504 e. The number of halogens is 1. The van der Waals surface area contributed by atoms with E-state index >= 15 is 0 Å². The van der Waals surface area contributed by atoms with E-state index in [0.29, 0.717) is 11.6 Å². The highest BCUT2D eigenvalue weighted by molar-refractivity contribution is 6.21. The molecule has 0 atom stereocenters. The minimum atomic E-state index is -0.00232. The number of phenols is 1. The number of hydrogen-bond donors (Lipinski definition) is 2. The summed E-state index contributed by atoms with van der Waals surface area (Å²) < 4.78 is 7.61. The third kappa shape index (κ3) is 2.65. The van der Waals surface area contributed by atoms with Crippen LogP contribution in [0.3, 0.4) is 0 Å². The first kappa shape index (κ1) is 17.9. The van der Waals surface area contributed by atoms with Gasteiger partial charge in [0, 0.05) is 40.2 Å². The molecule has 2 aromatic heterocycles. The second-order valence-electron chi connectivity index (χ2n) is 7.16. The molecule has 5 aromatic rings. The molecule has 0 aliphatic heterocycles. The Morgan fingerprint density at radius 3 is 2.66 bits per heavy atom. The van der Waals surface area contributed by atoms with Gasteiger partial charge in [0.25, 0.3) is 0 Å². The highest BCUT2D eigenvalue weighted by Gasteiger charge is 2.17. The molecule has 0 amide bonds. The Kier molecular flexibility index (Phi) is 4.14. The number of rotatable bonds is 4. The van der Waals surface area contributed by atoms with Gasteiger partial charge in [-0.05, 0) is 42.1 Å². The number of nitrogens with one attached hydrogen (secondary N) is 1. The Labute approximate surface area is 171 Å². The summed E-state index contributed by atoms with van der Waals surface area (Å²) in [6, 6.07) is 12.8. The summed E-state index contributed by atoms with van der Waals surface area (Å²) in [7, 11) is 1.55. The molecule has 0 radical (unpaired) electrons. The topological polar surface area (TPSA) is 67.2 Å². The van der Waals surface area contributed by atoms with Crippen LogP contribution in [0.25, 0.3) is 43.5 Å². The summed E-state index contributed by atoms with van der Waals surface area (Å²) in [4.78, 5) is 15.3. The number of alkyl halides is 1. The van der Waals surface area contributed by atoms with Crippen LogP contribution in [0.5, 0.6) is 11.5 Å². The van der Waals surface area contributed by atoms with Gasteiger partial charge in [-0.25, -0.2) is 0 Å². The molecule has 5 rings (SSSR count). The zero-order valence-corrected chi connectivity index (χ0v) is 16.6. The van der Waals surface area contributed by atoms with E-state index in [2.05, 4.69) is 15.6 Å². The van der Waals surface area contributed by atoms with Gasteiger partial charge in [-0.15, -0.1) is 11.6 Å². The van der Waals surface area contributed by atoms with Crippen molar-refractivity contribution in [2.75, 3.05) is 13.0 Å². The number of phenolic OH excluding ortho intramolecular Hbond substituents is 1. The van der Waals surface area contributed by atoms with Crippen molar-refractivity contribution >= 4 is 55.1 Å². The maximum Gasteiger partial charge on any atom is 0.179 e. The number of H-pyrrole nitrogens is 1. The lowest BCUT2D eigenvalue weighted by molar-refractivity contribution is 0.374. The van der Waals surface area contributed by atoms with Crippen molar-refractivity contribution in [2.45, 2.75) is 13.0 Å². The van der Waals surface area contributed by atoms with Crippen LogP contribution in [-0.2, 0) is 6.54 Å². The van der Waals surface area contributed by atoms with Gasteiger partial charge in [0.15, 0.2) is 16.9 Å². The zero-order chi connectivity index (χ0) is 20.1. The SMILES string of the molecule is COc1cc2c(c[nH]c3c4ccc5cc(=O)ccc5c4n(CCCCl)c23)cc1O. The van der Waals surface area contributed by atoms with Crippen LogP contribution in [0.1, 0.15) is 6.42 Å². The Bertz CT molecular complexity index is 1470. The molecule has 2 N–H and O–H groups in total. The number of aryl methyl sites for hydroxylation is 1. The number of benzene rings is 3. The van der Waals surface area contributed by atoms with Crippen molar-refractivity contribution in [3.63, 3.8) is 0 Å². The van der Waals surface area contributed by atoms with E-state index in [4.69, 9.17) is 16.3 Å². The minimum Gasteiger partial charge on any atom is -0.504 e. The fraction of sp³-hybridized carbons (Fsp3) is 0.174. The van der Waals surface area contributed by atoms with Crippen LogP contribution >= 0.6 is 11.6 Å². The first-order chi connectivity index (χ1) is 14.1. The normalized spacial score (nSPS) is 11.8. The molecule has 29 heavy (non-hydrogen) atoms. The molecule has 0 saturated carbocycles. The van der Waals surface area contributed by atoms with E-state index in [0.717, 1.165) is 56.4 Å². The second-order valence-corrected chi connectivity index (χ2v) is 7.54. The highest BCUT2D eigenvalue weighted by atomic mass is 35.5. The van der Waals surface area contributed by atoms with E-state index in [9.17, 15) is 9.90 Å². The van der Waals surface area contributed by atoms with E-state index in [-0.39, 0.29) is 11.2 Å². The fourth-order valence-electron chi connectivity index (χ4n) is 4.25. The van der Waals surface area contributed by atoms with Crippen molar-refractivity contribution in [1.82, 2.24) is 9.55 Å². The Morgan fingerprint density at radius 2 is 1.86 bits per heavy atom. The van der Waals surface area contributed by atoms with Gasteiger partial charge in [0.1, 0.15) is 0 Å². The maximum atomic E-state index is 11.9. The van der Waals surface area contributed by atoms with Gasteiger partial charge in [-0.3, -0.25) is 4.79 Å². The molecule has 0 aliphatic rings. The number of hydrogen-bond acceptors (Lipinski definition) is 3. The first-order valence-corrected chi connectivity index (χ1v) is 9.99. The lowest BCUT2D eigenvalue weighted by atomic mass is 10.1. The van der Waals surface area contributed by atoms with Crippen LogP contribution in [0.4, 0.5) is 0 Å². The Balaban J connectivity index is 2.02. The van der Waals surface area contributed by atoms with Crippen LogP contribution in [0.15, 0.2) is 53.5 Å². The van der Waals surface area contributed by atoms with Crippen molar-refractivity contribution in [3.05, 3.63) is 58.9 Å². The minimum absolute atomic E-state index is 0.00232. The van der Waals surface area contributed by atoms with Crippen LogP contribution in [0, 0.1) is 0 Å². The number of pyridine rings is 1. The molecule has 0 saturated heterocycles. The predicted octanol–water partition coefficient (Wildman–Crippen LogP) is 5.13. The van der Waals surface area contributed by atoms with E-state index in [1.807, 2.05) is 24.4 Å². The molecular formula is C23H19ClN2O3. The number of nitrogens with zero attached hydrogens (tertiary/aromatic N) is 1. The van der Waals surface area contributed by atoms with E-state index in [1.165, 1.54) is 0 Å². The standard InChI is InChI=1S/C23H19ClN2O3/c1-29-20-11-18-14(10-19(20)28)12-25-21-17-5-3-13-9-15(27)4-6-16(13)22(17)26(23(18)21)8-2-7-24/h3-6,9-12,25,28H,2,7-8H2,1H3. The average molecular weight is 407 g/mol. The smallest absolute Gasteiger partial charge is 0.179 e. The summed E-state index contributed by atoms with van der Waals surface area (Å²) in [6.45, 7) is 0.734. The fourth-order valence-corrected chi connectivity index (χ4v) is 4.37. The van der Waals surface area contributed by atoms with Gasteiger partial charge in [-0.2, -0.15) is 0 Å². The van der Waals surface area contributed by atoms with Crippen molar-refractivity contribution in [2.24, 2.45) is 0 Å². The first-order valence-electron chi connectivity index (χ1n) is 9.45. The highest BCUT2D eigenvalue weighted by Crippen LogP contribution is 2.39. The molecule has 3 aromatic carbocycles. The van der Waals surface area contributed by atoms with Crippen molar-refractivity contribution in [3.8, 4) is 11.5 Å². The van der Waals surface area contributed by atoms with Crippen LogP contribution < -0.4 is 10.2 Å². The van der Waals surface area contributed by atoms with Gasteiger partial charge in [-0.1, -0.05) is 12.1 Å². The summed E-state index contributed by atoms with van der Waals surface area (Å²) in [5.41, 5.74) is 3.10. The predicted molar refractivity (Wildman–Crippen MR) is 119 cm³/mol. The summed E-state index contributed by atoms with van der Waals surface area (Å²) in [5, 5.41) is 15.1. The van der Waals surface area contributed by atoms with Gasteiger partial charge < -0.3 is 19.4 Å². The number of aromatic nitrogens is 2. The molecule has 0 bridgehead atoms. The molecule has 146 valence electrons. The summed E-state index contributed by atoms with van der Waals surface area (Å²) >= 11 is 6.03. The Hall–Kier alpha value is -3.18. The average Bonchev–Trinajstić information content (AvgIpc) is 3.05.